The molecule has 5 nitrogen and oxygen atoms in total. The van der Waals surface area contributed by atoms with Gasteiger partial charge >= 0.3 is 0 Å². The van der Waals surface area contributed by atoms with Crippen molar-refractivity contribution in [1.82, 2.24) is 4.98 Å². The highest BCUT2D eigenvalue weighted by Gasteiger charge is 2.16. The first-order valence-corrected chi connectivity index (χ1v) is 8.96. The summed E-state index contributed by atoms with van der Waals surface area (Å²) in [5.41, 5.74) is 2.19. The van der Waals surface area contributed by atoms with Crippen LogP contribution in [0, 0.1) is 6.92 Å². The molecular weight excluding hydrogens is 358 g/mol. The lowest BCUT2D eigenvalue weighted by atomic mass is 10.2. The first-order valence-electron chi connectivity index (χ1n) is 7.71. The van der Waals surface area contributed by atoms with E-state index in [1.807, 2.05) is 49.5 Å². The number of nitrogens with zero attached hydrogens (tertiary/aromatic N) is 2. The van der Waals surface area contributed by atoms with Gasteiger partial charge in [0.25, 0.3) is 0 Å². The number of hydrogen-bond donors (Lipinski definition) is 1. The zero-order valence-corrected chi connectivity index (χ0v) is 15.7. The molecule has 2 heterocycles. The number of aryl methyl sites for hydroxylation is 1. The number of hydrogen-bond acceptors (Lipinski definition) is 5. The number of benzene rings is 1. The molecule has 0 fully saturated rings. The van der Waals surface area contributed by atoms with Crippen LogP contribution in [0.5, 0.6) is 0 Å². The van der Waals surface area contributed by atoms with Crippen LogP contribution in [-0.4, -0.2) is 25.0 Å². The standard InChI is InChI=1S/C18H18ClN3O2S/c1-11-13(21-18(24-11)16-5-4-8-25-16)10-17(23)20-14-9-12(19)6-7-15(14)22(2)3/h4-9H,10H2,1-3H3,(H,20,23). The van der Waals surface area contributed by atoms with E-state index >= 15 is 0 Å². The highest BCUT2D eigenvalue weighted by atomic mass is 35.5. The third-order valence-electron chi connectivity index (χ3n) is 3.67. The zero-order chi connectivity index (χ0) is 18.0. The van der Waals surface area contributed by atoms with Crippen molar-refractivity contribution in [3.8, 4) is 10.8 Å². The van der Waals surface area contributed by atoms with Crippen molar-refractivity contribution in [1.29, 1.82) is 0 Å². The van der Waals surface area contributed by atoms with Gasteiger partial charge in [-0.3, -0.25) is 4.79 Å². The zero-order valence-electron chi connectivity index (χ0n) is 14.2. The van der Waals surface area contributed by atoms with Crippen molar-refractivity contribution in [2.75, 3.05) is 24.3 Å². The first kappa shape index (κ1) is 17.5. The second-order valence-electron chi connectivity index (χ2n) is 5.78. The fourth-order valence-corrected chi connectivity index (χ4v) is 3.26. The molecule has 7 heteroatoms. The van der Waals surface area contributed by atoms with Crippen LogP contribution in [0.2, 0.25) is 5.02 Å². The van der Waals surface area contributed by atoms with Crippen LogP contribution in [0.3, 0.4) is 0 Å². The molecule has 1 N–H and O–H groups in total. The lowest BCUT2D eigenvalue weighted by molar-refractivity contribution is -0.115. The Balaban J connectivity index is 1.77. The summed E-state index contributed by atoms with van der Waals surface area (Å²) >= 11 is 7.60. The SMILES string of the molecule is Cc1oc(-c2cccs2)nc1CC(=O)Nc1cc(Cl)ccc1N(C)C. The second-order valence-corrected chi connectivity index (χ2v) is 7.16. The summed E-state index contributed by atoms with van der Waals surface area (Å²) in [5.74, 6) is 1.03. The van der Waals surface area contributed by atoms with Gasteiger partial charge in [-0.2, -0.15) is 0 Å². The Hall–Kier alpha value is -2.31. The van der Waals surface area contributed by atoms with Crippen molar-refractivity contribution >= 4 is 40.2 Å². The summed E-state index contributed by atoms with van der Waals surface area (Å²) in [6, 6.07) is 9.28. The van der Waals surface area contributed by atoms with E-state index in [1.54, 1.807) is 23.5 Å². The number of oxazole rings is 1. The van der Waals surface area contributed by atoms with Crippen LogP contribution >= 0.6 is 22.9 Å². The molecule has 130 valence electrons. The molecule has 1 aromatic carbocycles. The first-order chi connectivity index (χ1) is 11.9. The maximum atomic E-state index is 12.5. The molecular formula is C18H18ClN3O2S. The van der Waals surface area contributed by atoms with Gasteiger partial charge in [-0.15, -0.1) is 11.3 Å². The van der Waals surface area contributed by atoms with E-state index in [-0.39, 0.29) is 12.3 Å². The molecule has 1 amide bonds. The predicted octanol–water partition coefficient (Wildman–Crippen LogP) is 4.61. The van der Waals surface area contributed by atoms with Crippen LogP contribution < -0.4 is 10.2 Å². The van der Waals surface area contributed by atoms with Gasteiger partial charge in [0.1, 0.15) is 5.76 Å². The molecule has 3 aromatic rings. The number of nitrogens with one attached hydrogen (secondary N) is 1. The van der Waals surface area contributed by atoms with Crippen molar-refractivity contribution < 1.29 is 9.21 Å². The van der Waals surface area contributed by atoms with Crippen molar-refractivity contribution in [2.45, 2.75) is 13.3 Å². The highest BCUT2D eigenvalue weighted by Crippen LogP contribution is 2.29. The molecule has 3 rings (SSSR count). The van der Waals surface area contributed by atoms with Gasteiger partial charge in [0.2, 0.25) is 11.8 Å². The van der Waals surface area contributed by atoms with E-state index in [1.165, 1.54) is 0 Å². The highest BCUT2D eigenvalue weighted by molar-refractivity contribution is 7.13. The Morgan fingerprint density at radius 2 is 2.16 bits per heavy atom. The molecule has 0 saturated heterocycles. The maximum absolute atomic E-state index is 12.5. The van der Waals surface area contributed by atoms with Crippen LogP contribution in [0.4, 0.5) is 11.4 Å². The maximum Gasteiger partial charge on any atom is 0.236 e. The Kier molecular flexibility index (Phi) is 5.11. The number of rotatable bonds is 5. The molecule has 25 heavy (non-hydrogen) atoms. The molecule has 0 aliphatic carbocycles. The minimum atomic E-state index is -0.167. The topological polar surface area (TPSA) is 58.4 Å². The third kappa shape index (κ3) is 4.03. The molecule has 0 saturated carbocycles. The molecule has 2 aromatic heterocycles. The lowest BCUT2D eigenvalue weighted by Gasteiger charge is -2.18. The quantitative estimate of drug-likeness (QED) is 0.707. The number of carbonyl (C=O) groups is 1. The molecule has 0 bridgehead atoms. The average molecular weight is 376 g/mol. The van der Waals surface area contributed by atoms with E-state index in [9.17, 15) is 4.79 Å². The summed E-state index contributed by atoms with van der Waals surface area (Å²) in [7, 11) is 3.82. The Bertz CT molecular complexity index is 888. The second kappa shape index (κ2) is 7.29. The van der Waals surface area contributed by atoms with Crippen molar-refractivity contribution in [2.24, 2.45) is 0 Å². The molecule has 0 spiro atoms. The summed E-state index contributed by atoms with van der Waals surface area (Å²) in [6.07, 6.45) is 0.139. The van der Waals surface area contributed by atoms with E-state index in [4.69, 9.17) is 16.0 Å². The van der Waals surface area contributed by atoms with Crippen LogP contribution in [-0.2, 0) is 11.2 Å². The molecule has 0 aliphatic rings. The predicted molar refractivity (Wildman–Crippen MR) is 103 cm³/mol. The molecule has 0 unspecified atom stereocenters. The number of halogens is 1. The molecule has 0 radical (unpaired) electrons. The van der Waals surface area contributed by atoms with Gasteiger partial charge in [0.15, 0.2) is 0 Å². The summed E-state index contributed by atoms with van der Waals surface area (Å²) in [6.45, 7) is 1.82. The Labute approximate surface area is 155 Å². The summed E-state index contributed by atoms with van der Waals surface area (Å²) < 4.78 is 5.68. The van der Waals surface area contributed by atoms with Gasteiger partial charge in [-0.05, 0) is 36.6 Å². The number of carbonyl (C=O) groups excluding carboxylic acids is 1. The van der Waals surface area contributed by atoms with Crippen LogP contribution in [0.15, 0.2) is 40.1 Å². The fraction of sp³-hybridized carbons (Fsp3) is 0.222. The largest absolute Gasteiger partial charge is 0.440 e. The number of aromatic nitrogens is 1. The minimum absolute atomic E-state index is 0.139. The van der Waals surface area contributed by atoms with Crippen molar-refractivity contribution in [3.05, 3.63) is 52.2 Å². The van der Waals surface area contributed by atoms with E-state index in [0.29, 0.717) is 28.1 Å². The van der Waals surface area contributed by atoms with E-state index in [0.717, 1.165) is 10.6 Å². The van der Waals surface area contributed by atoms with Gasteiger partial charge in [-0.25, -0.2) is 4.98 Å². The normalized spacial score (nSPS) is 10.7. The number of anilines is 2. The lowest BCUT2D eigenvalue weighted by Crippen LogP contribution is -2.18. The third-order valence-corrected chi connectivity index (χ3v) is 4.76. The van der Waals surface area contributed by atoms with Crippen LogP contribution in [0.1, 0.15) is 11.5 Å². The minimum Gasteiger partial charge on any atom is -0.440 e. The van der Waals surface area contributed by atoms with E-state index < -0.39 is 0 Å². The number of amides is 1. The molecule has 0 aliphatic heterocycles. The van der Waals surface area contributed by atoms with Crippen LogP contribution in [0.25, 0.3) is 10.8 Å². The van der Waals surface area contributed by atoms with E-state index in [2.05, 4.69) is 10.3 Å². The van der Waals surface area contributed by atoms with Gasteiger partial charge < -0.3 is 14.6 Å². The van der Waals surface area contributed by atoms with Crippen molar-refractivity contribution in [3.63, 3.8) is 0 Å². The Morgan fingerprint density at radius 1 is 1.36 bits per heavy atom. The van der Waals surface area contributed by atoms with Gasteiger partial charge in [-0.1, -0.05) is 17.7 Å². The summed E-state index contributed by atoms with van der Waals surface area (Å²) in [5, 5.41) is 5.44. The smallest absolute Gasteiger partial charge is 0.236 e. The average Bonchev–Trinajstić information content (AvgIpc) is 3.17. The van der Waals surface area contributed by atoms with Gasteiger partial charge in [0, 0.05) is 19.1 Å². The summed E-state index contributed by atoms with van der Waals surface area (Å²) in [4.78, 5) is 19.8. The van der Waals surface area contributed by atoms with Gasteiger partial charge in [0.05, 0.1) is 28.4 Å². The Morgan fingerprint density at radius 3 is 2.84 bits per heavy atom. The monoisotopic (exact) mass is 375 g/mol. The molecule has 0 atom stereocenters. The fourth-order valence-electron chi connectivity index (χ4n) is 2.44. The number of thiophene rings is 1.